The number of anilines is 1. The van der Waals surface area contributed by atoms with Gasteiger partial charge in [-0.15, -0.1) is 11.3 Å². The van der Waals surface area contributed by atoms with E-state index in [0.29, 0.717) is 10.6 Å². The lowest BCUT2D eigenvalue weighted by Gasteiger charge is -2.28. The van der Waals surface area contributed by atoms with Crippen LogP contribution in [-0.4, -0.2) is 44.4 Å². The van der Waals surface area contributed by atoms with Gasteiger partial charge in [-0.05, 0) is 30.5 Å². The first-order chi connectivity index (χ1) is 14.6. The van der Waals surface area contributed by atoms with Crippen LogP contribution >= 0.6 is 11.3 Å². The molecule has 0 saturated carbocycles. The van der Waals surface area contributed by atoms with E-state index >= 15 is 0 Å². The Balaban J connectivity index is 1.79. The van der Waals surface area contributed by atoms with Gasteiger partial charge in [0, 0.05) is 16.6 Å². The molecule has 1 aromatic carbocycles. The molecule has 3 aromatic rings. The van der Waals surface area contributed by atoms with Gasteiger partial charge in [0.15, 0.2) is 5.13 Å². The number of benzene rings is 1. The Morgan fingerprint density at radius 3 is 2.68 bits per heavy atom. The van der Waals surface area contributed by atoms with E-state index in [9.17, 15) is 23.1 Å². The van der Waals surface area contributed by atoms with Crippen molar-refractivity contribution in [3.8, 4) is 17.0 Å². The predicted molar refractivity (Wildman–Crippen MR) is 105 cm³/mol. The topological polar surface area (TPSA) is 110 Å². The number of carboxylic acid groups (broad SMARTS) is 1. The number of fused-ring (bicyclic) bond motifs is 3. The largest absolute Gasteiger partial charge is 0.497 e. The summed E-state index contributed by atoms with van der Waals surface area (Å²) >= 11 is 0.937. The molecule has 0 radical (unpaired) electrons. The number of aromatic nitrogens is 3. The first-order valence-electron chi connectivity index (χ1n) is 9.10. The maximum Gasteiger partial charge on any atom is 0.423 e. The van der Waals surface area contributed by atoms with Gasteiger partial charge in [0.05, 0.1) is 19.3 Å². The highest BCUT2D eigenvalue weighted by Crippen LogP contribution is 2.49. The van der Waals surface area contributed by atoms with Crippen LogP contribution in [-0.2, 0) is 18.6 Å². The van der Waals surface area contributed by atoms with Crippen molar-refractivity contribution in [2.45, 2.75) is 31.2 Å². The summed E-state index contributed by atoms with van der Waals surface area (Å²) in [7, 11) is 1.52. The van der Waals surface area contributed by atoms with Crippen molar-refractivity contribution < 1.29 is 32.9 Å². The summed E-state index contributed by atoms with van der Waals surface area (Å²) in [5, 5.41) is 25.8. The monoisotopic (exact) mass is 454 g/mol. The second-order valence-electron chi connectivity index (χ2n) is 7.02. The molecule has 0 fully saturated rings. The van der Waals surface area contributed by atoms with E-state index in [1.807, 2.05) is 0 Å². The van der Waals surface area contributed by atoms with E-state index in [0.717, 1.165) is 16.9 Å². The van der Waals surface area contributed by atoms with Crippen LogP contribution in [0.3, 0.4) is 0 Å². The highest BCUT2D eigenvalue weighted by atomic mass is 32.1. The maximum absolute atomic E-state index is 13.9. The van der Waals surface area contributed by atoms with Crippen LogP contribution in [0.2, 0.25) is 0 Å². The van der Waals surface area contributed by atoms with E-state index in [1.54, 1.807) is 24.3 Å². The smallest absolute Gasteiger partial charge is 0.423 e. The fraction of sp³-hybridized carbons (Fsp3) is 0.316. The van der Waals surface area contributed by atoms with Crippen molar-refractivity contribution in [3.05, 3.63) is 46.6 Å². The van der Waals surface area contributed by atoms with Crippen molar-refractivity contribution in [1.29, 1.82) is 0 Å². The van der Waals surface area contributed by atoms with Crippen molar-refractivity contribution in [2.75, 3.05) is 12.4 Å². The van der Waals surface area contributed by atoms with Crippen molar-refractivity contribution in [1.82, 2.24) is 14.8 Å². The number of hydrogen-bond donors (Lipinski definition) is 3. The van der Waals surface area contributed by atoms with Gasteiger partial charge in [-0.25, -0.2) is 9.78 Å². The summed E-state index contributed by atoms with van der Waals surface area (Å²) in [4.78, 5) is 15.5. The summed E-state index contributed by atoms with van der Waals surface area (Å²) in [6, 6.07) is 6.95. The molecule has 2 aromatic heterocycles. The molecule has 1 aliphatic carbocycles. The van der Waals surface area contributed by atoms with Crippen LogP contribution in [0, 0.1) is 0 Å². The lowest BCUT2D eigenvalue weighted by molar-refractivity contribution is -0.270. The van der Waals surface area contributed by atoms with E-state index < -0.39 is 30.0 Å². The molecule has 2 heterocycles. The molecule has 164 valence electrons. The summed E-state index contributed by atoms with van der Waals surface area (Å²) in [6.45, 7) is 0.157. The van der Waals surface area contributed by atoms with Crippen LogP contribution in [0.4, 0.5) is 23.1 Å². The molecule has 0 spiro atoms. The number of nitrogens with zero attached hydrogens (tertiary/aromatic N) is 3. The molecule has 8 nitrogen and oxygen atoms in total. The molecule has 31 heavy (non-hydrogen) atoms. The Bertz CT molecular complexity index is 1130. The Kier molecular flexibility index (Phi) is 5.13. The van der Waals surface area contributed by atoms with E-state index in [-0.39, 0.29) is 29.4 Å². The zero-order valence-corrected chi connectivity index (χ0v) is 16.9. The number of amides is 1. The number of carbonyl (C=O) groups is 1. The normalized spacial score (nSPS) is 18.1. The van der Waals surface area contributed by atoms with Gasteiger partial charge >= 0.3 is 12.3 Å². The third kappa shape index (κ3) is 3.83. The highest BCUT2D eigenvalue weighted by molar-refractivity contribution is 7.16. The van der Waals surface area contributed by atoms with Crippen LogP contribution in [0.1, 0.15) is 22.6 Å². The van der Waals surface area contributed by atoms with Gasteiger partial charge in [0.25, 0.3) is 0 Å². The Labute approximate surface area is 177 Å². The molecule has 12 heteroatoms. The number of ether oxygens (including phenoxy) is 1. The van der Waals surface area contributed by atoms with Crippen LogP contribution < -0.4 is 10.1 Å². The number of thiazole rings is 1. The number of aryl methyl sites for hydroxylation is 1. The van der Waals surface area contributed by atoms with Crippen molar-refractivity contribution in [3.63, 3.8) is 0 Å². The maximum atomic E-state index is 13.9. The molecule has 0 bridgehead atoms. The van der Waals surface area contributed by atoms with Crippen LogP contribution in [0.15, 0.2) is 30.5 Å². The molecule has 1 unspecified atom stereocenters. The van der Waals surface area contributed by atoms with Crippen molar-refractivity contribution >= 4 is 22.6 Å². The number of nitrogens with one attached hydrogen (secondary N) is 1. The standard InChI is InChI=1S/C19H17F3N4O4S/c1-30-11-4-2-10(3-5-11)8-26-9-12-14-13(31-16(23-14)24-17(27)28)6-7-18(29,15(12)25-26)19(20,21)22/h2-5,9,29H,6-8H2,1H3,(H,23,24)(H,27,28). The van der Waals surface area contributed by atoms with Gasteiger partial charge in [0.2, 0.25) is 5.60 Å². The molecular formula is C19H17F3N4O4S. The quantitative estimate of drug-likeness (QED) is 0.553. The van der Waals surface area contributed by atoms with Crippen LogP contribution in [0.25, 0.3) is 11.3 Å². The lowest BCUT2D eigenvalue weighted by Crippen LogP contribution is -2.43. The highest BCUT2D eigenvalue weighted by Gasteiger charge is 2.58. The minimum Gasteiger partial charge on any atom is -0.497 e. The lowest BCUT2D eigenvalue weighted by atomic mass is 9.93. The van der Waals surface area contributed by atoms with Gasteiger partial charge in [-0.2, -0.15) is 18.3 Å². The average Bonchev–Trinajstić information content (AvgIpc) is 3.27. The minimum atomic E-state index is -4.95. The third-order valence-corrected chi connectivity index (χ3v) is 6.04. The van der Waals surface area contributed by atoms with E-state index in [2.05, 4.69) is 15.4 Å². The van der Waals surface area contributed by atoms with E-state index in [1.165, 1.54) is 18.0 Å². The summed E-state index contributed by atoms with van der Waals surface area (Å²) in [5.41, 5.74) is -2.71. The third-order valence-electron chi connectivity index (χ3n) is 5.01. The second-order valence-corrected chi connectivity index (χ2v) is 8.10. The zero-order chi connectivity index (χ0) is 22.4. The Morgan fingerprint density at radius 1 is 1.35 bits per heavy atom. The molecule has 4 rings (SSSR count). The van der Waals surface area contributed by atoms with Gasteiger partial charge in [0.1, 0.15) is 11.4 Å². The molecule has 3 N–H and O–H groups in total. The molecular weight excluding hydrogens is 437 g/mol. The number of methoxy groups -OCH3 is 1. The minimum absolute atomic E-state index is 0.0236. The number of aliphatic hydroxyl groups is 1. The van der Waals surface area contributed by atoms with Crippen LogP contribution in [0.5, 0.6) is 5.75 Å². The fourth-order valence-electron chi connectivity index (χ4n) is 3.46. The number of rotatable bonds is 4. The Morgan fingerprint density at radius 2 is 2.06 bits per heavy atom. The average molecular weight is 454 g/mol. The molecule has 1 atom stereocenters. The zero-order valence-electron chi connectivity index (χ0n) is 16.1. The fourth-order valence-corrected chi connectivity index (χ4v) is 4.43. The molecule has 0 aliphatic heterocycles. The van der Waals surface area contributed by atoms with E-state index in [4.69, 9.17) is 9.84 Å². The molecule has 0 saturated heterocycles. The van der Waals surface area contributed by atoms with Crippen molar-refractivity contribution in [2.24, 2.45) is 0 Å². The summed E-state index contributed by atoms with van der Waals surface area (Å²) in [5.74, 6) is 0.636. The van der Waals surface area contributed by atoms with Gasteiger partial charge in [-0.1, -0.05) is 12.1 Å². The summed E-state index contributed by atoms with van der Waals surface area (Å²) in [6.07, 6.45) is -5.66. The number of hydrogen-bond acceptors (Lipinski definition) is 6. The first kappa shape index (κ1) is 21.1. The first-order valence-corrected chi connectivity index (χ1v) is 9.92. The SMILES string of the molecule is COc1ccc(Cn2cc3c(n2)C(O)(C(F)(F)F)CCc2sc(NC(=O)O)nc2-3)cc1. The summed E-state index contributed by atoms with van der Waals surface area (Å²) < 4.78 is 48.0. The van der Waals surface area contributed by atoms with Gasteiger partial charge < -0.3 is 14.9 Å². The number of halogens is 3. The molecule has 1 aliphatic rings. The second kappa shape index (κ2) is 7.54. The number of alkyl halides is 3. The molecule has 1 amide bonds. The van der Waals surface area contributed by atoms with Gasteiger partial charge in [-0.3, -0.25) is 10.00 Å². The predicted octanol–water partition coefficient (Wildman–Crippen LogP) is 3.85. The Hall–Kier alpha value is -3.12.